The van der Waals surface area contributed by atoms with Crippen molar-refractivity contribution in [2.75, 3.05) is 6.54 Å². The molecule has 2 N–H and O–H groups in total. The predicted molar refractivity (Wildman–Crippen MR) is 87.9 cm³/mol. The Kier molecular flexibility index (Phi) is 4.26. The molecule has 1 aliphatic heterocycles. The Hall–Kier alpha value is -1.35. The van der Waals surface area contributed by atoms with Gasteiger partial charge in [0.2, 0.25) is 0 Å². The maximum absolute atomic E-state index is 11.1. The van der Waals surface area contributed by atoms with E-state index in [1.54, 1.807) is 0 Å². The first-order valence-corrected chi connectivity index (χ1v) is 8.51. The summed E-state index contributed by atoms with van der Waals surface area (Å²) >= 11 is 0. The Morgan fingerprint density at radius 1 is 1.32 bits per heavy atom. The van der Waals surface area contributed by atoms with Gasteiger partial charge >= 0.3 is 5.97 Å². The topological polar surface area (TPSA) is 49.3 Å². The van der Waals surface area contributed by atoms with Crippen LogP contribution in [-0.2, 0) is 4.79 Å². The van der Waals surface area contributed by atoms with E-state index in [9.17, 15) is 4.79 Å². The minimum absolute atomic E-state index is 0.192. The van der Waals surface area contributed by atoms with E-state index in [0.29, 0.717) is 24.3 Å². The molecule has 1 heterocycles. The van der Waals surface area contributed by atoms with Crippen LogP contribution in [0, 0.1) is 11.3 Å². The fourth-order valence-corrected chi connectivity index (χ4v) is 4.19. The van der Waals surface area contributed by atoms with E-state index in [1.807, 2.05) is 0 Å². The van der Waals surface area contributed by atoms with Gasteiger partial charge in [-0.15, -0.1) is 0 Å². The highest BCUT2D eigenvalue weighted by Gasteiger charge is 2.32. The number of hydrogen-bond acceptors (Lipinski definition) is 2. The van der Waals surface area contributed by atoms with Crippen molar-refractivity contribution < 1.29 is 9.90 Å². The summed E-state index contributed by atoms with van der Waals surface area (Å²) in [5.41, 5.74) is 3.13. The maximum atomic E-state index is 11.1. The lowest BCUT2D eigenvalue weighted by molar-refractivity contribution is -0.141. The Labute approximate surface area is 133 Å². The first kappa shape index (κ1) is 15.5. The van der Waals surface area contributed by atoms with Gasteiger partial charge in [0.25, 0.3) is 0 Å². The van der Waals surface area contributed by atoms with Gasteiger partial charge in [-0.1, -0.05) is 44.5 Å². The van der Waals surface area contributed by atoms with Crippen molar-refractivity contribution >= 4 is 5.97 Å². The maximum Gasteiger partial charge on any atom is 0.307 e. The monoisotopic (exact) mass is 301 g/mol. The van der Waals surface area contributed by atoms with E-state index < -0.39 is 5.97 Å². The first-order valence-electron chi connectivity index (χ1n) is 8.51. The summed E-state index contributed by atoms with van der Waals surface area (Å²) in [5, 5.41) is 12.5. The van der Waals surface area contributed by atoms with Gasteiger partial charge < -0.3 is 10.4 Å². The van der Waals surface area contributed by atoms with E-state index >= 15 is 0 Å². The smallest absolute Gasteiger partial charge is 0.307 e. The normalized spacial score (nSPS) is 31.1. The predicted octanol–water partition coefficient (Wildman–Crippen LogP) is 4.11. The van der Waals surface area contributed by atoms with Crippen LogP contribution in [0.2, 0.25) is 0 Å². The largest absolute Gasteiger partial charge is 0.481 e. The van der Waals surface area contributed by atoms with Gasteiger partial charge in [0.05, 0.1) is 5.92 Å². The van der Waals surface area contributed by atoms with Gasteiger partial charge in [0, 0.05) is 12.6 Å². The molecule has 0 amide bonds. The van der Waals surface area contributed by atoms with Crippen molar-refractivity contribution in [3.63, 3.8) is 0 Å². The van der Waals surface area contributed by atoms with Crippen LogP contribution in [-0.4, -0.2) is 17.6 Å². The highest BCUT2D eigenvalue weighted by molar-refractivity contribution is 5.70. The van der Waals surface area contributed by atoms with Crippen LogP contribution < -0.4 is 5.32 Å². The third-order valence-corrected chi connectivity index (χ3v) is 5.47. The zero-order chi connectivity index (χ0) is 15.7. The van der Waals surface area contributed by atoms with Crippen LogP contribution in [0.5, 0.6) is 0 Å². The van der Waals surface area contributed by atoms with Crippen LogP contribution in [0.1, 0.15) is 69.0 Å². The van der Waals surface area contributed by atoms with Crippen molar-refractivity contribution in [1.82, 2.24) is 5.32 Å². The van der Waals surface area contributed by atoms with Crippen molar-refractivity contribution in [3.8, 4) is 0 Å². The van der Waals surface area contributed by atoms with Gasteiger partial charge in [-0.05, 0) is 48.1 Å². The summed E-state index contributed by atoms with van der Waals surface area (Å²) < 4.78 is 0. The molecule has 3 nitrogen and oxygen atoms in total. The third-order valence-electron chi connectivity index (χ3n) is 5.47. The number of aliphatic carboxylic acids is 1. The van der Waals surface area contributed by atoms with Crippen LogP contribution in [0.25, 0.3) is 0 Å². The van der Waals surface area contributed by atoms with Gasteiger partial charge in [-0.3, -0.25) is 4.79 Å². The molecule has 2 fully saturated rings. The second-order valence-electron chi connectivity index (χ2n) is 7.86. The molecular weight excluding hydrogens is 274 g/mol. The standard InChI is InChI=1S/C19H27NO2/c1-19(2)8-4-7-15(11-19)13-5-3-6-14(9-13)17-10-16(12-20-17)18(21)22/h3,5-6,9,15-17,20H,4,7-8,10-12H2,1-2H3,(H,21,22). The van der Waals surface area contributed by atoms with E-state index in [0.717, 1.165) is 0 Å². The minimum atomic E-state index is -0.680. The highest BCUT2D eigenvalue weighted by atomic mass is 16.4. The van der Waals surface area contributed by atoms with Crippen LogP contribution in [0.15, 0.2) is 24.3 Å². The molecule has 3 heteroatoms. The number of carboxylic acids is 1. The van der Waals surface area contributed by atoms with Gasteiger partial charge in [0.15, 0.2) is 0 Å². The van der Waals surface area contributed by atoms with Crippen molar-refractivity contribution in [3.05, 3.63) is 35.4 Å². The molecule has 1 saturated heterocycles. The van der Waals surface area contributed by atoms with Crippen molar-refractivity contribution in [2.24, 2.45) is 11.3 Å². The number of carbonyl (C=O) groups is 1. The molecule has 3 atom stereocenters. The van der Waals surface area contributed by atoms with E-state index in [-0.39, 0.29) is 12.0 Å². The van der Waals surface area contributed by atoms with Crippen molar-refractivity contribution in [2.45, 2.75) is 57.9 Å². The number of benzene rings is 1. The first-order chi connectivity index (χ1) is 10.4. The fourth-order valence-electron chi connectivity index (χ4n) is 4.19. The molecule has 1 aromatic carbocycles. The summed E-state index contributed by atoms with van der Waals surface area (Å²) in [6.07, 6.45) is 5.88. The summed E-state index contributed by atoms with van der Waals surface area (Å²) in [6.45, 7) is 5.33. The molecule has 0 aromatic heterocycles. The zero-order valence-electron chi connectivity index (χ0n) is 13.6. The van der Waals surface area contributed by atoms with E-state index in [2.05, 4.69) is 43.4 Å². The fraction of sp³-hybridized carbons (Fsp3) is 0.632. The van der Waals surface area contributed by atoms with E-state index in [1.165, 1.54) is 36.8 Å². The van der Waals surface area contributed by atoms with Gasteiger partial charge in [0.1, 0.15) is 0 Å². The lowest BCUT2D eigenvalue weighted by Crippen LogP contribution is -2.21. The molecule has 1 saturated carbocycles. The van der Waals surface area contributed by atoms with Gasteiger partial charge in [-0.2, -0.15) is 0 Å². The summed E-state index contributed by atoms with van der Waals surface area (Å²) in [4.78, 5) is 11.1. The molecule has 22 heavy (non-hydrogen) atoms. The average molecular weight is 301 g/mol. The summed E-state index contributed by atoms with van der Waals surface area (Å²) in [7, 11) is 0. The summed E-state index contributed by atoms with van der Waals surface area (Å²) in [6, 6.07) is 9.03. The van der Waals surface area contributed by atoms with Crippen LogP contribution >= 0.6 is 0 Å². The van der Waals surface area contributed by atoms with Crippen LogP contribution in [0.4, 0.5) is 0 Å². The highest BCUT2D eigenvalue weighted by Crippen LogP contribution is 2.43. The Morgan fingerprint density at radius 2 is 2.09 bits per heavy atom. The minimum Gasteiger partial charge on any atom is -0.481 e. The molecule has 1 aliphatic carbocycles. The number of rotatable bonds is 3. The molecule has 3 rings (SSSR count). The third kappa shape index (κ3) is 3.35. The SMILES string of the molecule is CC1(C)CCCC(c2cccc(C3CC(C(=O)O)CN3)c2)C1. The number of hydrogen-bond donors (Lipinski definition) is 2. The lowest BCUT2D eigenvalue weighted by Gasteiger charge is -2.35. The Morgan fingerprint density at radius 3 is 2.77 bits per heavy atom. The molecular formula is C19H27NO2. The number of carboxylic acid groups (broad SMARTS) is 1. The summed E-state index contributed by atoms with van der Waals surface area (Å²) in [5.74, 6) is -0.275. The number of nitrogens with one attached hydrogen (secondary N) is 1. The van der Waals surface area contributed by atoms with Gasteiger partial charge in [-0.25, -0.2) is 0 Å². The molecule has 120 valence electrons. The Balaban J connectivity index is 1.74. The van der Waals surface area contributed by atoms with Crippen molar-refractivity contribution in [1.29, 1.82) is 0 Å². The van der Waals surface area contributed by atoms with Crippen LogP contribution in [0.3, 0.4) is 0 Å². The molecule has 0 bridgehead atoms. The second kappa shape index (κ2) is 6.04. The molecule has 2 aliphatic rings. The zero-order valence-corrected chi connectivity index (χ0v) is 13.6. The average Bonchev–Trinajstić information content (AvgIpc) is 2.96. The second-order valence-corrected chi connectivity index (χ2v) is 7.86. The quantitative estimate of drug-likeness (QED) is 0.883. The molecule has 0 radical (unpaired) electrons. The molecule has 3 unspecified atom stereocenters. The lowest BCUT2D eigenvalue weighted by atomic mass is 9.70. The molecule has 0 spiro atoms. The Bertz CT molecular complexity index is 552. The van der Waals surface area contributed by atoms with E-state index in [4.69, 9.17) is 5.11 Å². The molecule has 1 aromatic rings.